The van der Waals surface area contributed by atoms with E-state index in [0.29, 0.717) is 35.6 Å². The van der Waals surface area contributed by atoms with E-state index in [-0.39, 0.29) is 11.6 Å². The second-order valence-corrected chi connectivity index (χ2v) is 12.9. The fourth-order valence-corrected chi connectivity index (χ4v) is 5.90. The maximum atomic E-state index is 12.7. The Morgan fingerprint density at radius 1 is 0.902 bits per heavy atom. The molecule has 51 heavy (non-hydrogen) atoms. The number of halogens is 2. The summed E-state index contributed by atoms with van der Waals surface area (Å²) in [6.07, 6.45) is 3.43. The summed E-state index contributed by atoms with van der Waals surface area (Å²) in [6, 6.07) is 15.2. The molecule has 264 valence electrons. The number of benzene rings is 2. The van der Waals surface area contributed by atoms with Gasteiger partial charge >= 0.3 is 0 Å². The summed E-state index contributed by atoms with van der Waals surface area (Å²) in [6.45, 7) is 1.98. The largest absolute Gasteiger partial charge is 0.481 e. The standard InChI is InChI=1S/C16H16BrN5O2.C16H14BrN5O.C2H4O2/c1-22-15-11(6-10(17)7-19-15)14(21-22)16(23)20-12-5-3-4-9(8-24-2)13(12)18;1-22-16-11(6-10(17)7-18-16)14(21-22)15-19-12-5-3-4-9(8-23-2)13(12)20-15;1-2(3)4/h3-7H,8,18H2,1-2H3,(H,20,23);3-7H,8H2,1-2H3,(H,19,20);1H3,(H,3,4). The van der Waals surface area contributed by atoms with Gasteiger partial charge in [0.1, 0.15) is 5.69 Å². The normalized spacial score (nSPS) is 10.9. The zero-order chi connectivity index (χ0) is 36.8. The van der Waals surface area contributed by atoms with Gasteiger partial charge < -0.3 is 30.6 Å². The van der Waals surface area contributed by atoms with Crippen molar-refractivity contribution in [2.45, 2.75) is 20.1 Å². The average molecular weight is 823 g/mol. The topological polar surface area (TPSA) is 201 Å². The summed E-state index contributed by atoms with van der Waals surface area (Å²) in [5.41, 5.74) is 13.4. The molecule has 0 aliphatic heterocycles. The molecular weight excluding hydrogens is 788 g/mol. The predicted octanol–water partition coefficient (Wildman–Crippen LogP) is 6.22. The second kappa shape index (κ2) is 16.2. The summed E-state index contributed by atoms with van der Waals surface area (Å²) in [7, 11) is 6.90. The van der Waals surface area contributed by atoms with Crippen LogP contribution in [0.3, 0.4) is 0 Å². The molecule has 0 aliphatic carbocycles. The molecule has 0 aliphatic rings. The zero-order valence-electron chi connectivity index (χ0n) is 28.2. The number of nitrogens with two attached hydrogens (primary N) is 1. The third kappa shape index (κ3) is 8.39. The van der Waals surface area contributed by atoms with Crippen molar-refractivity contribution < 1.29 is 24.2 Å². The number of carbonyl (C=O) groups excluding carboxylic acids is 1. The Kier molecular flexibility index (Phi) is 11.8. The number of H-pyrrole nitrogens is 1. The minimum absolute atomic E-state index is 0.290. The van der Waals surface area contributed by atoms with Crippen LogP contribution in [0.1, 0.15) is 28.5 Å². The van der Waals surface area contributed by atoms with Crippen molar-refractivity contribution in [3.8, 4) is 11.5 Å². The molecule has 5 aromatic heterocycles. The third-order valence-corrected chi connectivity index (χ3v) is 8.24. The lowest BCUT2D eigenvalue weighted by molar-refractivity contribution is -0.134. The number of anilines is 2. The molecule has 15 nitrogen and oxygen atoms in total. The molecule has 0 spiro atoms. The highest BCUT2D eigenvalue weighted by Gasteiger charge is 2.19. The van der Waals surface area contributed by atoms with Crippen LogP contribution in [0, 0.1) is 0 Å². The number of carboxylic acids is 1. The number of pyridine rings is 2. The molecule has 17 heteroatoms. The minimum atomic E-state index is -0.833. The van der Waals surface area contributed by atoms with Crippen molar-refractivity contribution in [3.05, 3.63) is 86.7 Å². The first-order valence-electron chi connectivity index (χ1n) is 15.2. The summed E-state index contributed by atoms with van der Waals surface area (Å²) in [5, 5.41) is 20.7. The van der Waals surface area contributed by atoms with E-state index >= 15 is 0 Å². The summed E-state index contributed by atoms with van der Waals surface area (Å²) in [5.74, 6) is -0.448. The Morgan fingerprint density at radius 3 is 2.14 bits per heavy atom. The lowest BCUT2D eigenvalue weighted by atomic mass is 10.1. The zero-order valence-corrected chi connectivity index (χ0v) is 31.4. The number of fused-ring (bicyclic) bond motifs is 3. The Morgan fingerprint density at radius 2 is 1.47 bits per heavy atom. The molecule has 5 N–H and O–H groups in total. The van der Waals surface area contributed by atoms with Crippen molar-refractivity contribution in [3.63, 3.8) is 0 Å². The van der Waals surface area contributed by atoms with Crippen LogP contribution >= 0.6 is 31.9 Å². The number of imidazole rings is 1. The molecule has 0 fully saturated rings. The van der Waals surface area contributed by atoms with Gasteiger partial charge in [0.25, 0.3) is 11.9 Å². The number of aromatic nitrogens is 8. The molecular formula is C34H34Br2N10O5. The van der Waals surface area contributed by atoms with Gasteiger partial charge in [-0.2, -0.15) is 10.2 Å². The number of para-hydroxylation sites is 2. The number of hydrogen-bond donors (Lipinski definition) is 4. The maximum Gasteiger partial charge on any atom is 0.300 e. The van der Waals surface area contributed by atoms with Crippen LogP contribution in [0.15, 0.2) is 69.9 Å². The number of nitrogen functional groups attached to an aromatic ring is 1. The van der Waals surface area contributed by atoms with Crippen LogP contribution in [0.2, 0.25) is 0 Å². The van der Waals surface area contributed by atoms with Crippen molar-refractivity contribution in [1.82, 2.24) is 39.5 Å². The number of carbonyl (C=O) groups is 2. The van der Waals surface area contributed by atoms with Gasteiger partial charge in [-0.05, 0) is 56.1 Å². The summed E-state index contributed by atoms with van der Waals surface area (Å²) < 4.78 is 15.4. The molecule has 0 saturated heterocycles. The second-order valence-electron chi connectivity index (χ2n) is 11.1. The molecule has 0 atom stereocenters. The molecule has 0 bridgehead atoms. The first-order chi connectivity index (χ1) is 24.4. The van der Waals surface area contributed by atoms with Crippen LogP contribution in [0.5, 0.6) is 0 Å². The van der Waals surface area contributed by atoms with E-state index in [0.717, 1.165) is 60.6 Å². The number of nitrogens with one attached hydrogen (secondary N) is 2. The molecule has 7 aromatic rings. The number of rotatable bonds is 7. The molecule has 0 saturated carbocycles. The first kappa shape index (κ1) is 37.0. The Hall–Kier alpha value is -5.23. The summed E-state index contributed by atoms with van der Waals surface area (Å²) >= 11 is 6.83. The van der Waals surface area contributed by atoms with Gasteiger partial charge in [-0.1, -0.05) is 24.3 Å². The van der Waals surface area contributed by atoms with Gasteiger partial charge in [0.2, 0.25) is 0 Å². The maximum absolute atomic E-state index is 12.7. The van der Waals surface area contributed by atoms with E-state index < -0.39 is 5.97 Å². The van der Waals surface area contributed by atoms with E-state index in [1.165, 1.54) is 0 Å². The highest BCUT2D eigenvalue weighted by Crippen LogP contribution is 2.30. The third-order valence-electron chi connectivity index (χ3n) is 7.37. The fraction of sp³-hybridized carbons (Fsp3) is 0.206. The number of nitrogens with zero attached hydrogens (tertiary/aromatic N) is 7. The number of ether oxygens (including phenoxy) is 2. The molecule has 7 rings (SSSR count). The number of aryl methyl sites for hydroxylation is 2. The summed E-state index contributed by atoms with van der Waals surface area (Å²) in [4.78, 5) is 38.4. The number of aromatic amines is 1. The lowest BCUT2D eigenvalue weighted by Gasteiger charge is -2.11. The van der Waals surface area contributed by atoms with Gasteiger partial charge in [0.15, 0.2) is 22.8 Å². The number of methoxy groups -OCH3 is 2. The minimum Gasteiger partial charge on any atom is -0.481 e. The van der Waals surface area contributed by atoms with Gasteiger partial charge in [-0.25, -0.2) is 24.3 Å². The van der Waals surface area contributed by atoms with Crippen molar-refractivity contribution in [2.24, 2.45) is 14.1 Å². The van der Waals surface area contributed by atoms with E-state index in [1.807, 2.05) is 49.5 Å². The SMILES string of the molecule is CC(=O)O.COCc1cccc(NC(=O)c2nn(C)c3ncc(Br)cc23)c1N.COCc1cccc2[nH]c(-c3nn(C)c4ncc(Br)cc34)nc12. The Balaban J connectivity index is 0.000000179. The monoisotopic (exact) mass is 820 g/mol. The van der Waals surface area contributed by atoms with Crippen LogP contribution in [0.4, 0.5) is 11.4 Å². The van der Waals surface area contributed by atoms with Crippen LogP contribution < -0.4 is 11.1 Å². The highest BCUT2D eigenvalue weighted by atomic mass is 79.9. The average Bonchev–Trinajstić information content (AvgIpc) is 3.76. The van der Waals surface area contributed by atoms with E-state index in [4.69, 9.17) is 30.1 Å². The van der Waals surface area contributed by atoms with Crippen LogP contribution in [-0.4, -0.2) is 70.7 Å². The Labute approximate surface area is 308 Å². The van der Waals surface area contributed by atoms with E-state index in [9.17, 15) is 4.79 Å². The first-order valence-corrected chi connectivity index (χ1v) is 16.8. The lowest BCUT2D eigenvalue weighted by Crippen LogP contribution is -2.15. The van der Waals surface area contributed by atoms with Crippen molar-refractivity contribution in [2.75, 3.05) is 25.3 Å². The molecule has 2 aromatic carbocycles. The Bertz CT molecular complexity index is 2370. The van der Waals surface area contributed by atoms with Crippen molar-refractivity contribution in [1.29, 1.82) is 0 Å². The van der Waals surface area contributed by atoms with Crippen molar-refractivity contribution >= 4 is 88.2 Å². The number of hydrogen-bond acceptors (Lipinski definition) is 10. The highest BCUT2D eigenvalue weighted by molar-refractivity contribution is 9.10. The smallest absolute Gasteiger partial charge is 0.300 e. The van der Waals surface area contributed by atoms with Gasteiger partial charge in [-0.3, -0.25) is 9.59 Å². The molecule has 5 heterocycles. The fourth-order valence-electron chi connectivity index (χ4n) is 5.23. The number of carboxylic acid groups (broad SMARTS) is 1. The quantitative estimate of drug-likeness (QED) is 0.133. The van der Waals surface area contributed by atoms with Crippen LogP contribution in [0.25, 0.3) is 44.6 Å². The van der Waals surface area contributed by atoms with Crippen LogP contribution in [-0.2, 0) is 41.6 Å². The van der Waals surface area contributed by atoms with E-state index in [2.05, 4.69) is 62.3 Å². The molecule has 1 amide bonds. The van der Waals surface area contributed by atoms with E-state index in [1.54, 1.807) is 49.1 Å². The number of aliphatic carboxylic acids is 1. The predicted molar refractivity (Wildman–Crippen MR) is 201 cm³/mol. The van der Waals surface area contributed by atoms with Gasteiger partial charge in [-0.15, -0.1) is 0 Å². The van der Waals surface area contributed by atoms with Gasteiger partial charge in [0, 0.05) is 67.7 Å². The van der Waals surface area contributed by atoms with Gasteiger partial charge in [0.05, 0.1) is 46.4 Å². The molecule has 0 radical (unpaired) electrons. The number of amides is 1. The molecule has 0 unspecified atom stereocenters.